The van der Waals surface area contributed by atoms with Gasteiger partial charge in [0.1, 0.15) is 0 Å². The standard InChI is InChI=1S/C12H24O2/c1-2-3-4-5-6-7-12(14)11-8-10(11)9-13/h10-14H,2-9H2,1H3/t10-,11-,12-/m0/s1. The van der Waals surface area contributed by atoms with E-state index in [1.807, 2.05) is 0 Å². The molecule has 1 fully saturated rings. The quantitative estimate of drug-likeness (QED) is 0.590. The predicted molar refractivity (Wildman–Crippen MR) is 58.1 cm³/mol. The Hall–Kier alpha value is -0.0800. The van der Waals surface area contributed by atoms with Crippen LogP contribution < -0.4 is 0 Å². The zero-order valence-electron chi connectivity index (χ0n) is 9.28. The van der Waals surface area contributed by atoms with Crippen LogP contribution in [0.2, 0.25) is 0 Å². The minimum Gasteiger partial charge on any atom is -0.396 e. The van der Waals surface area contributed by atoms with Gasteiger partial charge in [-0.3, -0.25) is 0 Å². The van der Waals surface area contributed by atoms with E-state index >= 15 is 0 Å². The van der Waals surface area contributed by atoms with Gasteiger partial charge in [0, 0.05) is 6.61 Å². The zero-order valence-corrected chi connectivity index (χ0v) is 9.28. The van der Waals surface area contributed by atoms with Crippen molar-refractivity contribution in [3.63, 3.8) is 0 Å². The second-order valence-corrected chi connectivity index (χ2v) is 4.61. The maximum Gasteiger partial charge on any atom is 0.0572 e. The summed E-state index contributed by atoms with van der Waals surface area (Å²) in [5.74, 6) is 0.812. The van der Waals surface area contributed by atoms with Gasteiger partial charge in [0.15, 0.2) is 0 Å². The van der Waals surface area contributed by atoms with E-state index in [4.69, 9.17) is 5.11 Å². The Balaban J connectivity index is 1.91. The van der Waals surface area contributed by atoms with Crippen LogP contribution in [-0.2, 0) is 0 Å². The number of hydrogen-bond acceptors (Lipinski definition) is 2. The summed E-state index contributed by atoms with van der Waals surface area (Å²) >= 11 is 0. The van der Waals surface area contributed by atoms with Crippen LogP contribution in [0, 0.1) is 11.8 Å². The van der Waals surface area contributed by atoms with Crippen LogP contribution in [0.3, 0.4) is 0 Å². The van der Waals surface area contributed by atoms with Crippen LogP contribution in [0.4, 0.5) is 0 Å². The monoisotopic (exact) mass is 200 g/mol. The molecular weight excluding hydrogens is 176 g/mol. The minimum atomic E-state index is -0.145. The number of hydrogen-bond donors (Lipinski definition) is 2. The van der Waals surface area contributed by atoms with Gasteiger partial charge in [0.2, 0.25) is 0 Å². The SMILES string of the molecule is CCCCCCC[C@H](O)[C@H]1C[C@H]1CO. The fourth-order valence-corrected chi connectivity index (χ4v) is 2.12. The lowest BCUT2D eigenvalue weighted by molar-refractivity contribution is 0.124. The Labute approximate surface area is 87.3 Å². The maximum absolute atomic E-state index is 9.74. The highest BCUT2D eigenvalue weighted by Crippen LogP contribution is 2.42. The fourth-order valence-electron chi connectivity index (χ4n) is 2.12. The van der Waals surface area contributed by atoms with Crippen molar-refractivity contribution in [2.45, 2.75) is 58.0 Å². The van der Waals surface area contributed by atoms with Gasteiger partial charge in [-0.25, -0.2) is 0 Å². The number of unbranched alkanes of at least 4 members (excludes halogenated alkanes) is 4. The molecule has 2 heteroatoms. The van der Waals surface area contributed by atoms with Crippen molar-refractivity contribution < 1.29 is 10.2 Å². The molecule has 1 aliphatic rings. The third-order valence-electron chi connectivity index (χ3n) is 3.31. The highest BCUT2D eigenvalue weighted by atomic mass is 16.3. The molecule has 2 nitrogen and oxygen atoms in total. The molecule has 0 aliphatic heterocycles. The summed E-state index contributed by atoms with van der Waals surface area (Å²) < 4.78 is 0. The Morgan fingerprint density at radius 2 is 1.93 bits per heavy atom. The van der Waals surface area contributed by atoms with Gasteiger partial charge in [-0.1, -0.05) is 39.0 Å². The second kappa shape index (κ2) is 6.41. The van der Waals surface area contributed by atoms with E-state index in [1.165, 1.54) is 25.7 Å². The van der Waals surface area contributed by atoms with Gasteiger partial charge >= 0.3 is 0 Å². The largest absolute Gasteiger partial charge is 0.396 e. The second-order valence-electron chi connectivity index (χ2n) is 4.61. The lowest BCUT2D eigenvalue weighted by Crippen LogP contribution is -2.11. The molecule has 0 unspecified atom stereocenters. The first-order valence-electron chi connectivity index (χ1n) is 6.08. The van der Waals surface area contributed by atoms with E-state index in [2.05, 4.69) is 6.92 Å². The molecule has 0 aromatic heterocycles. The average molecular weight is 200 g/mol. The smallest absolute Gasteiger partial charge is 0.0572 e. The van der Waals surface area contributed by atoms with Crippen molar-refractivity contribution >= 4 is 0 Å². The van der Waals surface area contributed by atoms with E-state index in [0.29, 0.717) is 11.8 Å². The Morgan fingerprint density at radius 1 is 1.21 bits per heavy atom. The minimum absolute atomic E-state index is 0.145. The first-order chi connectivity index (χ1) is 6.79. The van der Waals surface area contributed by atoms with Crippen molar-refractivity contribution in [1.82, 2.24) is 0 Å². The third-order valence-corrected chi connectivity index (χ3v) is 3.31. The highest BCUT2D eigenvalue weighted by molar-refractivity contribution is 4.90. The number of aliphatic hydroxyl groups is 2. The van der Waals surface area contributed by atoms with Crippen LogP contribution >= 0.6 is 0 Å². The zero-order chi connectivity index (χ0) is 10.4. The fraction of sp³-hybridized carbons (Fsp3) is 1.00. The van der Waals surface area contributed by atoms with E-state index in [9.17, 15) is 5.11 Å². The van der Waals surface area contributed by atoms with Crippen LogP contribution in [0.15, 0.2) is 0 Å². The van der Waals surface area contributed by atoms with E-state index in [0.717, 1.165) is 19.3 Å². The van der Waals surface area contributed by atoms with E-state index in [1.54, 1.807) is 0 Å². The van der Waals surface area contributed by atoms with Gasteiger partial charge in [0.05, 0.1) is 6.10 Å². The molecule has 1 saturated carbocycles. The first-order valence-corrected chi connectivity index (χ1v) is 6.08. The van der Waals surface area contributed by atoms with Gasteiger partial charge in [-0.05, 0) is 24.7 Å². The molecule has 14 heavy (non-hydrogen) atoms. The molecule has 0 radical (unpaired) electrons. The normalized spacial score (nSPS) is 27.6. The number of aliphatic hydroxyl groups excluding tert-OH is 2. The van der Waals surface area contributed by atoms with Gasteiger partial charge < -0.3 is 10.2 Å². The lowest BCUT2D eigenvalue weighted by atomic mass is 10.0. The summed E-state index contributed by atoms with van der Waals surface area (Å²) in [6, 6.07) is 0. The summed E-state index contributed by atoms with van der Waals surface area (Å²) in [6.07, 6.45) is 8.12. The van der Waals surface area contributed by atoms with Gasteiger partial charge in [0.25, 0.3) is 0 Å². The molecule has 0 aromatic rings. The average Bonchev–Trinajstić information content (AvgIpc) is 2.96. The number of rotatable bonds is 8. The Kier molecular flexibility index (Phi) is 5.49. The maximum atomic E-state index is 9.74. The van der Waals surface area contributed by atoms with Crippen molar-refractivity contribution in [1.29, 1.82) is 0 Å². The van der Waals surface area contributed by atoms with Crippen molar-refractivity contribution in [2.24, 2.45) is 11.8 Å². The predicted octanol–water partition coefficient (Wildman–Crippen LogP) is 2.34. The van der Waals surface area contributed by atoms with Gasteiger partial charge in [-0.15, -0.1) is 0 Å². The van der Waals surface area contributed by atoms with Crippen LogP contribution in [-0.4, -0.2) is 22.9 Å². The summed E-state index contributed by atoms with van der Waals surface area (Å²) in [4.78, 5) is 0. The summed E-state index contributed by atoms with van der Waals surface area (Å²) in [6.45, 7) is 2.47. The molecule has 0 heterocycles. The van der Waals surface area contributed by atoms with Crippen molar-refractivity contribution in [3.8, 4) is 0 Å². The van der Waals surface area contributed by atoms with Crippen molar-refractivity contribution in [2.75, 3.05) is 6.61 Å². The first kappa shape index (κ1) is 12.0. The Morgan fingerprint density at radius 3 is 2.50 bits per heavy atom. The third kappa shape index (κ3) is 3.97. The molecule has 84 valence electrons. The van der Waals surface area contributed by atoms with Gasteiger partial charge in [-0.2, -0.15) is 0 Å². The molecule has 0 spiro atoms. The molecule has 1 aliphatic carbocycles. The molecule has 0 saturated heterocycles. The van der Waals surface area contributed by atoms with E-state index < -0.39 is 0 Å². The topological polar surface area (TPSA) is 40.5 Å². The van der Waals surface area contributed by atoms with E-state index in [-0.39, 0.29) is 12.7 Å². The highest BCUT2D eigenvalue weighted by Gasteiger charge is 2.41. The molecular formula is C12H24O2. The Bertz CT molecular complexity index is 147. The molecule has 3 atom stereocenters. The molecule has 2 N–H and O–H groups in total. The summed E-state index contributed by atoms with van der Waals surface area (Å²) in [5.41, 5.74) is 0. The van der Waals surface area contributed by atoms with Crippen LogP contribution in [0.25, 0.3) is 0 Å². The lowest BCUT2D eigenvalue weighted by Gasteiger charge is -2.09. The molecule has 0 amide bonds. The van der Waals surface area contributed by atoms with Crippen LogP contribution in [0.5, 0.6) is 0 Å². The molecule has 0 aromatic carbocycles. The van der Waals surface area contributed by atoms with Crippen molar-refractivity contribution in [3.05, 3.63) is 0 Å². The molecule has 1 rings (SSSR count). The molecule has 0 bridgehead atoms. The van der Waals surface area contributed by atoms with Crippen LogP contribution in [0.1, 0.15) is 51.9 Å². The summed E-state index contributed by atoms with van der Waals surface area (Å²) in [5, 5.41) is 18.6. The summed E-state index contributed by atoms with van der Waals surface area (Å²) in [7, 11) is 0.